The topological polar surface area (TPSA) is 87.1 Å². The first-order valence-electron chi connectivity index (χ1n) is 20.6. The highest BCUT2D eigenvalue weighted by Crippen LogP contribution is 2.78. The molecule has 1 amide bonds. The van der Waals surface area contributed by atoms with Gasteiger partial charge in [-0.1, -0.05) is 89.6 Å². The monoisotopic (exact) mass is 739 g/mol. The Labute approximate surface area is 321 Å². The number of ketones is 1. The van der Waals surface area contributed by atoms with Crippen molar-refractivity contribution in [1.29, 1.82) is 0 Å². The maximum Gasteiger partial charge on any atom is 0.410 e. The predicted octanol–water partition coefficient (Wildman–Crippen LogP) is 9.93. The van der Waals surface area contributed by atoms with E-state index in [0.717, 1.165) is 72.3 Å². The summed E-state index contributed by atoms with van der Waals surface area (Å²) in [6, 6.07) is 14.1. The molecule has 9 rings (SSSR count). The molecule has 286 valence electrons. The van der Waals surface area contributed by atoms with Gasteiger partial charge in [0, 0.05) is 33.2 Å². The molecule has 53 heavy (non-hydrogen) atoms. The summed E-state index contributed by atoms with van der Waals surface area (Å²) in [6.07, 6.45) is 14.7. The van der Waals surface area contributed by atoms with Crippen LogP contribution >= 0.6 is 11.3 Å². The Bertz CT molecular complexity index is 1800. The molecule has 1 heterocycles. The minimum Gasteiger partial charge on any atom is -0.446 e. The molecule has 1 aromatic heterocycles. The van der Waals surface area contributed by atoms with Crippen LogP contribution in [0.25, 0.3) is 0 Å². The molecular formula is C46H61NO5S. The Morgan fingerprint density at radius 3 is 2.38 bits per heavy atom. The summed E-state index contributed by atoms with van der Waals surface area (Å²) in [4.78, 5) is 33.0. The lowest BCUT2D eigenvalue weighted by atomic mass is 9.32. The van der Waals surface area contributed by atoms with Crippen LogP contribution in [0, 0.1) is 58.2 Å². The molecule has 0 aliphatic heterocycles. The zero-order chi connectivity index (χ0) is 37.6. The van der Waals surface area contributed by atoms with Gasteiger partial charge in [-0.3, -0.25) is 4.79 Å². The maximum atomic E-state index is 14.8. The maximum absolute atomic E-state index is 14.8. The molecule has 2 N–H and O–H groups in total. The summed E-state index contributed by atoms with van der Waals surface area (Å²) in [7, 11) is 0. The minimum atomic E-state index is -1.17. The molecule has 7 aliphatic carbocycles. The number of amides is 1. The molecule has 11 atom stereocenters. The van der Waals surface area contributed by atoms with Gasteiger partial charge >= 0.3 is 6.09 Å². The van der Waals surface area contributed by atoms with Gasteiger partial charge in [-0.15, -0.1) is 11.3 Å². The predicted molar refractivity (Wildman–Crippen MR) is 210 cm³/mol. The molecule has 2 aromatic rings. The Morgan fingerprint density at radius 1 is 0.943 bits per heavy atom. The average molecular weight is 740 g/mol. The number of thiophene rings is 1. The quantitative estimate of drug-likeness (QED) is 0.208. The molecular weight excluding hydrogens is 679 g/mol. The Hall–Kier alpha value is -2.74. The van der Waals surface area contributed by atoms with Crippen LogP contribution in [0.2, 0.25) is 0 Å². The third-order valence-electron chi connectivity index (χ3n) is 16.1. The van der Waals surface area contributed by atoms with Gasteiger partial charge in [0.25, 0.3) is 0 Å². The molecule has 0 saturated heterocycles. The van der Waals surface area contributed by atoms with Gasteiger partial charge in [-0.05, 0) is 117 Å². The van der Waals surface area contributed by atoms with Crippen molar-refractivity contribution in [3.8, 4) is 0 Å². The normalized spacial score (nSPS) is 41.3. The number of nitrogens with zero attached hydrogens (tertiary/aromatic N) is 1. The van der Waals surface area contributed by atoms with Crippen LogP contribution in [0.15, 0.2) is 66.3 Å². The van der Waals surface area contributed by atoms with E-state index in [1.807, 2.05) is 42.5 Å². The number of fused-ring (bicyclic) bond motifs is 1. The molecule has 2 spiro atoms. The van der Waals surface area contributed by atoms with E-state index in [0.29, 0.717) is 37.1 Å². The van der Waals surface area contributed by atoms with E-state index in [1.54, 1.807) is 16.2 Å². The number of ether oxygens (including phenoxy) is 1. The molecule has 4 fully saturated rings. The highest BCUT2D eigenvalue weighted by Gasteiger charge is 2.74. The summed E-state index contributed by atoms with van der Waals surface area (Å²) in [6.45, 7) is 14.0. The fourth-order valence-corrected chi connectivity index (χ4v) is 13.9. The fourth-order valence-electron chi connectivity index (χ4n) is 13.0. The van der Waals surface area contributed by atoms with Crippen LogP contribution in [-0.4, -0.2) is 51.3 Å². The Balaban J connectivity index is 1.16. The number of carbonyl (C=O) groups is 2. The number of aliphatic hydroxyl groups excluding tert-OH is 1. The van der Waals surface area contributed by atoms with Crippen LogP contribution in [0.1, 0.15) is 119 Å². The van der Waals surface area contributed by atoms with Crippen LogP contribution in [-0.2, 0) is 11.3 Å². The third kappa shape index (κ3) is 5.67. The van der Waals surface area contributed by atoms with Crippen LogP contribution in [0.3, 0.4) is 0 Å². The summed E-state index contributed by atoms with van der Waals surface area (Å²) in [5.41, 5.74) is -0.803. The molecule has 7 heteroatoms. The lowest BCUT2D eigenvalue weighted by Gasteiger charge is -2.71. The van der Waals surface area contributed by atoms with E-state index in [-0.39, 0.29) is 53.3 Å². The zero-order valence-electron chi connectivity index (χ0n) is 32.8. The van der Waals surface area contributed by atoms with Crippen molar-refractivity contribution < 1.29 is 24.5 Å². The smallest absolute Gasteiger partial charge is 0.410 e. The van der Waals surface area contributed by atoms with Crippen molar-refractivity contribution in [2.45, 2.75) is 130 Å². The molecule has 1 aromatic carbocycles. The van der Waals surface area contributed by atoms with Crippen molar-refractivity contribution in [3.63, 3.8) is 0 Å². The van der Waals surface area contributed by atoms with E-state index in [4.69, 9.17) is 4.74 Å². The SMILES string of the molecule is Cc1ccc(C(=O)C2=C[C@@]34C=C[C@@]25[C@@H]2CC[C@@](O)(CN(Cc6ccccc6)C(=O)O[C@H]6C[C@@H](C)CC[C@@H]6C(C)C)[C@@]2(C)CC[C@@H]5[C@@]3(C)CCC(O)C4)s1. The van der Waals surface area contributed by atoms with E-state index < -0.39 is 16.4 Å². The molecule has 7 aliphatic rings. The summed E-state index contributed by atoms with van der Waals surface area (Å²) >= 11 is 1.56. The molecule has 1 unspecified atom stereocenters. The lowest BCUT2D eigenvalue weighted by molar-refractivity contribution is -0.175. The summed E-state index contributed by atoms with van der Waals surface area (Å²) < 4.78 is 6.50. The van der Waals surface area contributed by atoms with Gasteiger partial charge in [0.05, 0.1) is 23.1 Å². The minimum absolute atomic E-state index is 0.0207. The number of aryl methyl sites for hydroxylation is 1. The second kappa shape index (κ2) is 13.2. The lowest BCUT2D eigenvalue weighted by Crippen LogP contribution is -2.67. The van der Waals surface area contributed by atoms with Crippen molar-refractivity contribution in [3.05, 3.63) is 81.6 Å². The molecule has 4 saturated carbocycles. The van der Waals surface area contributed by atoms with Crippen LogP contribution in [0.4, 0.5) is 4.79 Å². The number of allylic oxidation sites excluding steroid dienone is 4. The van der Waals surface area contributed by atoms with Gasteiger partial charge in [0.15, 0.2) is 5.78 Å². The molecule has 2 bridgehead atoms. The van der Waals surface area contributed by atoms with E-state index >= 15 is 0 Å². The highest BCUT2D eigenvalue weighted by atomic mass is 32.1. The van der Waals surface area contributed by atoms with E-state index in [2.05, 4.69) is 59.8 Å². The van der Waals surface area contributed by atoms with Gasteiger partial charge < -0.3 is 19.8 Å². The third-order valence-corrected chi connectivity index (χ3v) is 17.1. The molecule has 0 radical (unpaired) electrons. The van der Waals surface area contributed by atoms with Gasteiger partial charge in [0.2, 0.25) is 0 Å². The summed E-state index contributed by atoms with van der Waals surface area (Å²) in [5, 5.41) is 24.3. The van der Waals surface area contributed by atoms with Crippen molar-refractivity contribution in [2.24, 2.45) is 51.2 Å². The van der Waals surface area contributed by atoms with Gasteiger partial charge in [-0.25, -0.2) is 4.79 Å². The number of carbonyl (C=O) groups excluding carboxylic acids is 2. The fraction of sp³-hybridized carbons (Fsp3) is 0.652. The van der Waals surface area contributed by atoms with Crippen LogP contribution < -0.4 is 0 Å². The zero-order valence-corrected chi connectivity index (χ0v) is 33.6. The van der Waals surface area contributed by atoms with Crippen molar-refractivity contribution in [2.75, 3.05) is 6.54 Å². The van der Waals surface area contributed by atoms with E-state index in [1.165, 1.54) is 0 Å². The van der Waals surface area contributed by atoms with Crippen molar-refractivity contribution >= 4 is 23.2 Å². The first-order valence-corrected chi connectivity index (χ1v) is 21.4. The standard InChI is InChI=1S/C46H61NO5S/c1-29(2)34-14-12-30(3)24-36(34)52-41(50)47(27-32-10-8-7-9-11-32)28-45(51)21-18-39-43(45,6)20-17-38-42(5)19-16-33(48)25-44(42)22-23-46(38,39)35(26-44)40(49)37-15-13-31(4)53-37/h7-11,13,15,22-23,26,29-30,33-34,36,38-39,48,51H,12,14,16-21,24-25,27-28H2,1-6H3/t30-,33?,34+,36-,38+,39+,42+,43-,44-,45+,46+/m0/s1. The van der Waals surface area contributed by atoms with Crippen molar-refractivity contribution in [1.82, 2.24) is 4.90 Å². The van der Waals surface area contributed by atoms with Crippen LogP contribution in [0.5, 0.6) is 0 Å². The number of Topliss-reactive ketones (excluding diaryl/α,β-unsaturated/α-hetero) is 1. The number of hydrogen-bond donors (Lipinski definition) is 2. The van der Waals surface area contributed by atoms with Gasteiger partial charge in [0.1, 0.15) is 6.10 Å². The first-order chi connectivity index (χ1) is 25.1. The second-order valence-electron chi connectivity index (χ2n) is 19.1. The molecule has 6 nitrogen and oxygen atoms in total. The number of aliphatic hydroxyl groups is 2. The number of benzene rings is 1. The average Bonchev–Trinajstić information content (AvgIpc) is 3.67. The first kappa shape index (κ1) is 37.2. The Morgan fingerprint density at radius 2 is 1.66 bits per heavy atom. The van der Waals surface area contributed by atoms with Gasteiger partial charge in [-0.2, -0.15) is 0 Å². The number of rotatable bonds is 8. The number of hydrogen-bond acceptors (Lipinski definition) is 6. The second-order valence-corrected chi connectivity index (χ2v) is 20.4. The summed E-state index contributed by atoms with van der Waals surface area (Å²) in [5.74, 6) is 1.61. The largest absolute Gasteiger partial charge is 0.446 e. The highest BCUT2D eigenvalue weighted by molar-refractivity contribution is 7.14. The van der Waals surface area contributed by atoms with E-state index in [9.17, 15) is 19.8 Å². The Kier molecular flexibility index (Phi) is 9.26.